The molecule has 1 heterocycles. The normalized spacial score (nSPS) is 15.1. The Hall–Kier alpha value is -5.38. The quantitative estimate of drug-likeness (QED) is 0.171. The van der Waals surface area contributed by atoms with Gasteiger partial charge in [-0.1, -0.05) is 138 Å². The van der Waals surface area contributed by atoms with Gasteiger partial charge in [0.15, 0.2) is 5.58 Å². The van der Waals surface area contributed by atoms with Crippen LogP contribution in [0.15, 0.2) is 138 Å². The predicted molar refractivity (Wildman–Crippen MR) is 224 cm³/mol. The molecule has 2 aliphatic carbocycles. The summed E-state index contributed by atoms with van der Waals surface area (Å²) >= 11 is 0. The molecule has 0 aliphatic heterocycles. The van der Waals surface area contributed by atoms with Gasteiger partial charge in [-0.05, 0) is 103 Å². The maximum absolute atomic E-state index is 6.96. The van der Waals surface area contributed by atoms with Crippen LogP contribution in [-0.2, 0) is 10.8 Å². The van der Waals surface area contributed by atoms with Crippen LogP contribution in [-0.4, -0.2) is 8.07 Å². The number of anilines is 3. The second-order valence-corrected chi connectivity index (χ2v) is 22.0. The van der Waals surface area contributed by atoms with Crippen molar-refractivity contribution in [2.75, 3.05) is 4.90 Å². The van der Waals surface area contributed by atoms with Crippen molar-refractivity contribution in [1.29, 1.82) is 0 Å². The fraction of sp³-hybridized carbons (Fsp3) is 0.184. The van der Waals surface area contributed by atoms with Gasteiger partial charge in [-0.15, -0.1) is 0 Å². The number of fused-ring (bicyclic) bond motifs is 11. The van der Waals surface area contributed by atoms with E-state index in [1.165, 1.54) is 65.9 Å². The predicted octanol–water partition coefficient (Wildman–Crippen LogP) is 13.4. The summed E-state index contributed by atoms with van der Waals surface area (Å²) in [4.78, 5) is 2.39. The lowest BCUT2D eigenvalue weighted by Crippen LogP contribution is -2.37. The molecule has 1 aromatic heterocycles. The van der Waals surface area contributed by atoms with Gasteiger partial charge in [0.1, 0.15) is 5.58 Å². The smallest absolute Gasteiger partial charge is 0.159 e. The third kappa shape index (κ3) is 4.23. The SMILES string of the molecule is CC1(C)c2cc(N(c3ccccc3)c3cccc4c3oc3c([Si](C)(C)C)cccc34)ccc2-c2cc3c(cc21)-c1ccc2ccccc2c1C3(C)C. The zero-order chi connectivity index (χ0) is 35.7. The van der Waals surface area contributed by atoms with Gasteiger partial charge >= 0.3 is 0 Å². The van der Waals surface area contributed by atoms with E-state index in [1.54, 1.807) is 0 Å². The molecule has 7 aromatic carbocycles. The Labute approximate surface area is 307 Å². The standard InChI is InChI=1S/C49H43NOSi/c1-48(2)40-27-32(24-26-34(40)38-28-42-39(29-41(38)48)35-25-23-30-15-11-12-18-33(30)45(35)49(42,3)4)50(31-16-9-8-10-17-31)43-21-13-19-36-37-20-14-22-44(52(5,6)7)47(37)51-46(36)43/h8-29H,1-7H3. The molecular weight excluding hydrogens is 647 g/mol. The first-order valence-electron chi connectivity index (χ1n) is 18.6. The fourth-order valence-electron chi connectivity index (χ4n) is 9.53. The Morgan fingerprint density at radius 2 is 1.10 bits per heavy atom. The Balaban J connectivity index is 1.16. The third-order valence-electron chi connectivity index (χ3n) is 12.1. The molecule has 0 fully saturated rings. The highest BCUT2D eigenvalue weighted by Gasteiger charge is 2.42. The summed E-state index contributed by atoms with van der Waals surface area (Å²) < 4.78 is 6.96. The molecule has 2 nitrogen and oxygen atoms in total. The van der Waals surface area contributed by atoms with Crippen molar-refractivity contribution in [2.45, 2.75) is 58.2 Å². The summed E-state index contributed by atoms with van der Waals surface area (Å²) in [7, 11) is -1.65. The Kier molecular flexibility index (Phi) is 6.38. The number of rotatable bonds is 4. The molecule has 2 aliphatic rings. The summed E-state index contributed by atoms with van der Waals surface area (Å²) in [5, 5.41) is 6.39. The van der Waals surface area contributed by atoms with E-state index in [-0.39, 0.29) is 10.8 Å². The van der Waals surface area contributed by atoms with Crippen molar-refractivity contribution < 1.29 is 4.42 Å². The van der Waals surface area contributed by atoms with Gasteiger partial charge in [0.05, 0.1) is 13.8 Å². The maximum atomic E-state index is 6.96. The van der Waals surface area contributed by atoms with Crippen molar-refractivity contribution in [2.24, 2.45) is 0 Å². The number of hydrogen-bond acceptors (Lipinski definition) is 2. The van der Waals surface area contributed by atoms with E-state index in [0.717, 1.165) is 33.6 Å². The van der Waals surface area contributed by atoms with E-state index in [0.29, 0.717) is 0 Å². The molecule has 0 radical (unpaired) electrons. The van der Waals surface area contributed by atoms with Crippen molar-refractivity contribution >= 4 is 63.0 Å². The highest BCUT2D eigenvalue weighted by molar-refractivity contribution is 6.90. The van der Waals surface area contributed by atoms with Gasteiger partial charge in [0, 0.05) is 33.0 Å². The van der Waals surface area contributed by atoms with Gasteiger partial charge in [-0.25, -0.2) is 0 Å². The summed E-state index contributed by atoms with van der Waals surface area (Å²) in [6, 6.07) is 49.7. The fourth-order valence-corrected chi connectivity index (χ4v) is 11.0. The molecule has 0 unspecified atom stereocenters. The lowest BCUT2D eigenvalue weighted by molar-refractivity contribution is 0.654. The van der Waals surface area contributed by atoms with Gasteiger partial charge in [-0.3, -0.25) is 0 Å². The Bertz CT molecular complexity index is 2780. The van der Waals surface area contributed by atoms with Crippen LogP contribution in [0.5, 0.6) is 0 Å². The number of hydrogen-bond donors (Lipinski definition) is 0. The minimum absolute atomic E-state index is 0.0991. The minimum atomic E-state index is -1.65. The highest BCUT2D eigenvalue weighted by atomic mass is 28.3. The van der Waals surface area contributed by atoms with Crippen molar-refractivity contribution in [1.82, 2.24) is 0 Å². The van der Waals surface area contributed by atoms with E-state index in [2.05, 4.69) is 186 Å². The van der Waals surface area contributed by atoms with Gasteiger partial charge in [-0.2, -0.15) is 0 Å². The van der Waals surface area contributed by atoms with Crippen molar-refractivity contribution in [3.8, 4) is 22.3 Å². The maximum Gasteiger partial charge on any atom is 0.159 e. The monoisotopic (exact) mass is 689 g/mol. The third-order valence-corrected chi connectivity index (χ3v) is 14.2. The Morgan fingerprint density at radius 3 is 1.87 bits per heavy atom. The summed E-state index contributed by atoms with van der Waals surface area (Å²) in [6.45, 7) is 16.8. The van der Waals surface area contributed by atoms with Crippen molar-refractivity contribution in [3.05, 3.63) is 156 Å². The van der Waals surface area contributed by atoms with Crippen LogP contribution in [0.25, 0.3) is 55.0 Å². The molecule has 10 rings (SSSR count). The molecular formula is C49H43NOSi. The van der Waals surface area contributed by atoms with Gasteiger partial charge < -0.3 is 9.32 Å². The second kappa shape index (κ2) is 10.6. The second-order valence-electron chi connectivity index (χ2n) is 17.0. The first-order valence-corrected chi connectivity index (χ1v) is 22.1. The molecule has 0 bridgehead atoms. The van der Waals surface area contributed by atoms with E-state index in [1.807, 2.05) is 0 Å². The molecule has 0 saturated heterocycles. The van der Waals surface area contributed by atoms with Crippen LogP contribution in [0.3, 0.4) is 0 Å². The number of benzene rings is 7. The molecule has 0 spiro atoms. The highest BCUT2D eigenvalue weighted by Crippen LogP contribution is 2.58. The van der Waals surface area contributed by atoms with Crippen LogP contribution < -0.4 is 10.1 Å². The summed E-state index contributed by atoms with van der Waals surface area (Å²) in [6.07, 6.45) is 0. The molecule has 254 valence electrons. The van der Waals surface area contributed by atoms with Crippen molar-refractivity contribution in [3.63, 3.8) is 0 Å². The molecule has 0 saturated carbocycles. The summed E-state index contributed by atoms with van der Waals surface area (Å²) in [5.41, 5.74) is 16.1. The minimum Gasteiger partial charge on any atom is -0.454 e. The number of para-hydroxylation sites is 3. The van der Waals surface area contributed by atoms with Crippen LogP contribution in [0.2, 0.25) is 19.6 Å². The average molecular weight is 690 g/mol. The first kappa shape index (κ1) is 31.4. The van der Waals surface area contributed by atoms with E-state index >= 15 is 0 Å². The van der Waals surface area contributed by atoms with E-state index in [4.69, 9.17) is 4.42 Å². The topological polar surface area (TPSA) is 16.4 Å². The molecule has 52 heavy (non-hydrogen) atoms. The first-order chi connectivity index (χ1) is 24.9. The zero-order valence-electron chi connectivity index (χ0n) is 31.1. The Morgan fingerprint density at radius 1 is 0.481 bits per heavy atom. The van der Waals surface area contributed by atoms with Gasteiger partial charge in [0.25, 0.3) is 0 Å². The molecule has 0 amide bonds. The van der Waals surface area contributed by atoms with E-state index in [9.17, 15) is 0 Å². The lowest BCUT2D eigenvalue weighted by atomic mass is 9.78. The molecule has 3 heteroatoms. The zero-order valence-corrected chi connectivity index (χ0v) is 32.1. The number of nitrogens with zero attached hydrogens (tertiary/aromatic N) is 1. The largest absolute Gasteiger partial charge is 0.454 e. The lowest BCUT2D eigenvalue weighted by Gasteiger charge is -2.28. The van der Waals surface area contributed by atoms with Crippen LogP contribution in [0.4, 0.5) is 17.1 Å². The van der Waals surface area contributed by atoms with Crippen LogP contribution >= 0.6 is 0 Å². The molecule has 0 N–H and O–H groups in total. The van der Waals surface area contributed by atoms with Crippen LogP contribution in [0.1, 0.15) is 49.9 Å². The van der Waals surface area contributed by atoms with Gasteiger partial charge in [0.2, 0.25) is 0 Å². The molecule has 8 aromatic rings. The average Bonchev–Trinajstić information content (AvgIpc) is 3.71. The molecule has 0 atom stereocenters. The number of furan rings is 1. The van der Waals surface area contributed by atoms with E-state index < -0.39 is 8.07 Å². The van der Waals surface area contributed by atoms with Crippen LogP contribution in [0, 0.1) is 0 Å². The summed E-state index contributed by atoms with van der Waals surface area (Å²) in [5.74, 6) is 0.